The number of carbonyl (C=O) groups is 3. The van der Waals surface area contributed by atoms with Crippen molar-refractivity contribution in [2.75, 3.05) is 7.05 Å². The molecule has 1 atom stereocenters. The van der Waals surface area contributed by atoms with Gasteiger partial charge in [-0.25, -0.2) is 9.80 Å². The minimum Gasteiger partial charge on any atom is -0.461 e. The van der Waals surface area contributed by atoms with Gasteiger partial charge >= 0.3 is 6.09 Å². The summed E-state index contributed by atoms with van der Waals surface area (Å²) in [6.45, 7) is 5.25. The van der Waals surface area contributed by atoms with Crippen LogP contribution in [0.25, 0.3) is 0 Å². The Labute approximate surface area is 140 Å². The van der Waals surface area contributed by atoms with E-state index in [1.54, 1.807) is 26.8 Å². The Balaban J connectivity index is 2.23. The molecule has 1 aliphatic carbocycles. The number of ether oxygens (including phenoxy) is 1. The molecular weight excluding hydrogens is 312 g/mol. The highest BCUT2D eigenvalue weighted by Crippen LogP contribution is 2.24. The molecule has 1 unspecified atom stereocenters. The van der Waals surface area contributed by atoms with Crippen LogP contribution in [0.1, 0.15) is 50.6 Å². The molecule has 0 radical (unpaired) electrons. The van der Waals surface area contributed by atoms with Crippen LogP contribution in [0.3, 0.4) is 0 Å². The number of furan rings is 1. The second-order valence-corrected chi connectivity index (χ2v) is 6.69. The largest absolute Gasteiger partial charge is 0.461 e. The first-order chi connectivity index (χ1) is 11.2. The van der Waals surface area contributed by atoms with Gasteiger partial charge in [-0.15, -0.1) is 0 Å². The molecule has 1 aromatic rings. The standard InChI is InChI=1S/C17H22N2O5/c1-17(2,3)24-16(22)19(4)18-11-7-5-8-12(20)14(11)15(21)13-9-6-10-23-13/h6,9-10,14H,5,7-8H2,1-4H3/b18-11-. The monoisotopic (exact) mass is 334 g/mol. The fraction of sp³-hybridized carbons (Fsp3) is 0.529. The van der Waals surface area contributed by atoms with Crippen molar-refractivity contribution in [3.8, 4) is 0 Å². The molecule has 1 aromatic heterocycles. The maximum Gasteiger partial charge on any atom is 0.430 e. The van der Waals surface area contributed by atoms with Gasteiger partial charge in [0.15, 0.2) is 5.76 Å². The van der Waals surface area contributed by atoms with Crippen molar-refractivity contribution in [3.05, 3.63) is 24.2 Å². The average molecular weight is 334 g/mol. The molecular formula is C17H22N2O5. The lowest BCUT2D eigenvalue weighted by atomic mass is 9.82. The number of carbonyl (C=O) groups excluding carboxylic acids is 3. The summed E-state index contributed by atoms with van der Waals surface area (Å²) in [5.41, 5.74) is -0.293. The number of rotatable bonds is 3. The minimum atomic E-state index is -1.00. The molecule has 1 aliphatic rings. The number of hydrogen-bond acceptors (Lipinski definition) is 6. The topological polar surface area (TPSA) is 89.2 Å². The van der Waals surface area contributed by atoms with Crippen LogP contribution in [0.15, 0.2) is 27.9 Å². The predicted octanol–water partition coefficient (Wildman–Crippen LogP) is 3.05. The summed E-state index contributed by atoms with van der Waals surface area (Å²) in [5, 5.41) is 5.20. The van der Waals surface area contributed by atoms with Crippen molar-refractivity contribution >= 4 is 23.4 Å². The van der Waals surface area contributed by atoms with Crippen LogP contribution in [0.2, 0.25) is 0 Å². The third-order valence-corrected chi connectivity index (χ3v) is 3.47. The van der Waals surface area contributed by atoms with E-state index in [4.69, 9.17) is 9.15 Å². The van der Waals surface area contributed by atoms with Gasteiger partial charge in [-0.05, 0) is 45.7 Å². The van der Waals surface area contributed by atoms with Gasteiger partial charge in [0.2, 0.25) is 5.78 Å². The van der Waals surface area contributed by atoms with E-state index in [0.29, 0.717) is 25.0 Å². The van der Waals surface area contributed by atoms with Gasteiger partial charge in [-0.3, -0.25) is 9.59 Å². The molecule has 1 saturated carbocycles. The lowest BCUT2D eigenvalue weighted by molar-refractivity contribution is -0.120. The lowest BCUT2D eigenvalue weighted by Crippen LogP contribution is -2.38. The third kappa shape index (κ3) is 4.31. The summed E-state index contributed by atoms with van der Waals surface area (Å²) in [5.74, 6) is -1.53. The highest BCUT2D eigenvalue weighted by atomic mass is 16.6. The summed E-state index contributed by atoms with van der Waals surface area (Å²) in [6, 6.07) is 3.10. The lowest BCUT2D eigenvalue weighted by Gasteiger charge is -2.25. The first-order valence-electron chi connectivity index (χ1n) is 7.83. The molecule has 7 nitrogen and oxygen atoms in total. The second-order valence-electron chi connectivity index (χ2n) is 6.69. The van der Waals surface area contributed by atoms with E-state index in [1.807, 2.05) is 0 Å². The van der Waals surface area contributed by atoms with Crippen molar-refractivity contribution in [1.29, 1.82) is 0 Å². The van der Waals surface area contributed by atoms with E-state index in [9.17, 15) is 14.4 Å². The number of amides is 1. The van der Waals surface area contributed by atoms with Crippen LogP contribution < -0.4 is 0 Å². The number of hydrazone groups is 1. The molecule has 1 amide bonds. The summed E-state index contributed by atoms with van der Waals surface area (Å²) in [7, 11) is 1.44. The van der Waals surface area contributed by atoms with Crippen LogP contribution in [0, 0.1) is 5.92 Å². The summed E-state index contributed by atoms with van der Waals surface area (Å²) < 4.78 is 10.3. The molecule has 24 heavy (non-hydrogen) atoms. The fourth-order valence-electron chi connectivity index (χ4n) is 2.45. The van der Waals surface area contributed by atoms with E-state index in [1.165, 1.54) is 19.4 Å². The van der Waals surface area contributed by atoms with E-state index in [-0.39, 0.29) is 11.5 Å². The highest BCUT2D eigenvalue weighted by Gasteiger charge is 2.37. The quantitative estimate of drug-likeness (QED) is 0.481. The molecule has 130 valence electrons. The van der Waals surface area contributed by atoms with E-state index < -0.39 is 23.4 Å². The molecule has 2 rings (SSSR count). The van der Waals surface area contributed by atoms with Crippen LogP contribution >= 0.6 is 0 Å². The van der Waals surface area contributed by atoms with Crippen LogP contribution in [-0.4, -0.2) is 41.0 Å². The Kier molecular flexibility index (Phi) is 5.21. The van der Waals surface area contributed by atoms with Crippen LogP contribution in [0.5, 0.6) is 0 Å². The van der Waals surface area contributed by atoms with Crippen molar-refractivity contribution < 1.29 is 23.5 Å². The molecule has 0 bridgehead atoms. The van der Waals surface area contributed by atoms with E-state index >= 15 is 0 Å². The molecule has 0 saturated heterocycles. The summed E-state index contributed by atoms with van der Waals surface area (Å²) >= 11 is 0. The molecule has 1 fully saturated rings. The third-order valence-electron chi connectivity index (χ3n) is 3.47. The maximum absolute atomic E-state index is 12.5. The van der Waals surface area contributed by atoms with Gasteiger partial charge in [0, 0.05) is 13.5 Å². The van der Waals surface area contributed by atoms with Crippen molar-refractivity contribution in [3.63, 3.8) is 0 Å². The van der Waals surface area contributed by atoms with Gasteiger partial charge in [0.05, 0.1) is 12.0 Å². The van der Waals surface area contributed by atoms with Gasteiger partial charge in [-0.1, -0.05) is 0 Å². The molecule has 7 heteroatoms. The van der Waals surface area contributed by atoms with Crippen molar-refractivity contribution in [2.24, 2.45) is 11.0 Å². The van der Waals surface area contributed by atoms with Crippen molar-refractivity contribution in [1.82, 2.24) is 5.01 Å². The second kappa shape index (κ2) is 6.98. The minimum absolute atomic E-state index is 0.114. The summed E-state index contributed by atoms with van der Waals surface area (Å²) in [4.78, 5) is 36.8. The SMILES string of the molecule is CN(/N=C1/CCCC(=O)C1C(=O)c1ccco1)C(=O)OC(C)(C)C. The van der Waals surface area contributed by atoms with Gasteiger partial charge < -0.3 is 9.15 Å². The van der Waals surface area contributed by atoms with Crippen molar-refractivity contribution in [2.45, 2.75) is 45.6 Å². The zero-order valence-corrected chi connectivity index (χ0v) is 14.4. The first kappa shape index (κ1) is 17.9. The molecule has 0 aromatic carbocycles. The molecule has 0 spiro atoms. The maximum atomic E-state index is 12.5. The Morgan fingerprint density at radius 1 is 1.33 bits per heavy atom. The Morgan fingerprint density at radius 2 is 2.04 bits per heavy atom. The van der Waals surface area contributed by atoms with E-state index in [2.05, 4.69) is 5.10 Å². The first-order valence-corrected chi connectivity index (χ1v) is 7.83. The Hall–Kier alpha value is -2.44. The Bertz CT molecular complexity index is 655. The summed E-state index contributed by atoms with van der Waals surface area (Å²) in [6.07, 6.45) is 2.12. The predicted molar refractivity (Wildman–Crippen MR) is 86.8 cm³/mol. The van der Waals surface area contributed by atoms with Crippen LogP contribution in [-0.2, 0) is 9.53 Å². The number of ketones is 2. The number of hydrogen-bond donors (Lipinski definition) is 0. The zero-order chi connectivity index (χ0) is 17.9. The molecule has 1 heterocycles. The zero-order valence-electron chi connectivity index (χ0n) is 14.4. The number of Topliss-reactive ketones (excluding diaryl/α,β-unsaturated/α-hetero) is 2. The smallest absolute Gasteiger partial charge is 0.430 e. The normalized spacial score (nSPS) is 20.1. The van der Waals surface area contributed by atoms with E-state index in [0.717, 1.165) is 5.01 Å². The van der Waals surface area contributed by atoms with Crippen LogP contribution in [0.4, 0.5) is 4.79 Å². The number of nitrogens with zero attached hydrogens (tertiary/aromatic N) is 2. The van der Waals surface area contributed by atoms with Gasteiger partial charge in [-0.2, -0.15) is 5.10 Å². The van der Waals surface area contributed by atoms with Gasteiger partial charge in [0.1, 0.15) is 17.3 Å². The highest BCUT2D eigenvalue weighted by molar-refractivity contribution is 6.25. The Morgan fingerprint density at radius 3 is 2.62 bits per heavy atom. The fourth-order valence-corrected chi connectivity index (χ4v) is 2.45. The van der Waals surface area contributed by atoms with Gasteiger partial charge in [0.25, 0.3) is 0 Å². The molecule has 0 aliphatic heterocycles. The molecule has 0 N–H and O–H groups in total. The average Bonchev–Trinajstić information content (AvgIpc) is 2.99.